The number of rotatable bonds is 6. The van der Waals surface area contributed by atoms with Crippen LogP contribution in [-0.2, 0) is 9.53 Å². The Kier molecular flexibility index (Phi) is 5.87. The molecule has 3 aromatic rings. The number of carbonyl (C=O) groups is 2. The van der Waals surface area contributed by atoms with Crippen LogP contribution in [0.1, 0.15) is 10.5 Å². The van der Waals surface area contributed by atoms with Gasteiger partial charge in [0.1, 0.15) is 17.2 Å². The van der Waals surface area contributed by atoms with Crippen molar-refractivity contribution in [3.05, 3.63) is 42.4 Å². The second-order valence-electron chi connectivity index (χ2n) is 6.97. The fourth-order valence-electron chi connectivity index (χ4n) is 3.48. The molecule has 162 valence electrons. The molecule has 1 fully saturated rings. The standard InChI is InChI=1S/C21H23N5O5/c1-29-15-10-14-11-16(24-19(14)17(12-15)30-2)20(28)31-13-18(27)25-6-8-26(9-7-25)21-22-4-3-5-23-21/h3-5,10-12,24H,6-9,13H2,1-2H3. The summed E-state index contributed by atoms with van der Waals surface area (Å²) in [6.45, 7) is 1.94. The van der Waals surface area contributed by atoms with Crippen molar-refractivity contribution < 1.29 is 23.8 Å². The van der Waals surface area contributed by atoms with Crippen LogP contribution in [-0.4, -0.2) is 78.7 Å². The van der Waals surface area contributed by atoms with Gasteiger partial charge in [-0.05, 0) is 18.2 Å². The quantitative estimate of drug-likeness (QED) is 0.592. The van der Waals surface area contributed by atoms with Gasteiger partial charge < -0.3 is 29.0 Å². The molecule has 1 amide bonds. The summed E-state index contributed by atoms with van der Waals surface area (Å²) in [6.07, 6.45) is 3.38. The van der Waals surface area contributed by atoms with Gasteiger partial charge in [-0.3, -0.25) is 4.79 Å². The zero-order chi connectivity index (χ0) is 21.8. The Balaban J connectivity index is 1.34. The summed E-state index contributed by atoms with van der Waals surface area (Å²) < 4.78 is 15.8. The van der Waals surface area contributed by atoms with Gasteiger partial charge in [0.15, 0.2) is 6.61 Å². The molecule has 2 aromatic heterocycles. The van der Waals surface area contributed by atoms with Crippen molar-refractivity contribution in [3.63, 3.8) is 0 Å². The second kappa shape index (κ2) is 8.90. The summed E-state index contributed by atoms with van der Waals surface area (Å²) >= 11 is 0. The maximum atomic E-state index is 12.5. The number of anilines is 1. The molecule has 4 rings (SSSR count). The van der Waals surface area contributed by atoms with Crippen LogP contribution in [0.25, 0.3) is 10.9 Å². The first-order valence-electron chi connectivity index (χ1n) is 9.80. The Bertz CT molecular complexity index is 1080. The van der Waals surface area contributed by atoms with E-state index in [1.54, 1.807) is 48.7 Å². The zero-order valence-corrected chi connectivity index (χ0v) is 17.3. The minimum Gasteiger partial charge on any atom is -0.497 e. The maximum absolute atomic E-state index is 12.5. The van der Waals surface area contributed by atoms with Crippen LogP contribution in [0, 0.1) is 0 Å². The van der Waals surface area contributed by atoms with E-state index in [1.165, 1.54) is 7.11 Å². The van der Waals surface area contributed by atoms with Gasteiger partial charge in [-0.1, -0.05) is 0 Å². The summed E-state index contributed by atoms with van der Waals surface area (Å²) in [4.78, 5) is 40.1. The first-order valence-corrected chi connectivity index (χ1v) is 9.80. The molecule has 31 heavy (non-hydrogen) atoms. The van der Waals surface area contributed by atoms with Crippen LogP contribution in [0.5, 0.6) is 11.5 Å². The lowest BCUT2D eigenvalue weighted by molar-refractivity contribution is -0.134. The number of nitrogens with one attached hydrogen (secondary N) is 1. The number of esters is 1. The number of hydrogen-bond donors (Lipinski definition) is 1. The van der Waals surface area contributed by atoms with E-state index >= 15 is 0 Å². The number of amides is 1. The molecule has 1 saturated heterocycles. The summed E-state index contributed by atoms with van der Waals surface area (Å²) in [5.74, 6) is 0.953. The normalized spacial score (nSPS) is 13.9. The molecule has 1 N–H and O–H groups in total. The first-order chi connectivity index (χ1) is 15.1. The van der Waals surface area contributed by atoms with Crippen LogP contribution in [0.4, 0.5) is 5.95 Å². The van der Waals surface area contributed by atoms with Crippen LogP contribution in [0.2, 0.25) is 0 Å². The number of aromatic amines is 1. The number of methoxy groups -OCH3 is 2. The monoisotopic (exact) mass is 425 g/mol. The SMILES string of the molecule is COc1cc(OC)c2[nH]c(C(=O)OCC(=O)N3CCN(c4ncccn4)CC3)cc2c1. The Morgan fingerprint density at radius 3 is 2.45 bits per heavy atom. The summed E-state index contributed by atoms with van der Waals surface area (Å²) in [5.41, 5.74) is 0.890. The highest BCUT2D eigenvalue weighted by Crippen LogP contribution is 2.31. The molecule has 3 heterocycles. The van der Waals surface area contributed by atoms with E-state index in [1.807, 2.05) is 4.90 Å². The molecule has 0 aliphatic carbocycles. The van der Waals surface area contributed by atoms with Crippen LogP contribution in [0.15, 0.2) is 36.7 Å². The van der Waals surface area contributed by atoms with Crippen molar-refractivity contribution in [2.24, 2.45) is 0 Å². The highest BCUT2D eigenvalue weighted by Gasteiger charge is 2.24. The van der Waals surface area contributed by atoms with E-state index < -0.39 is 5.97 Å². The van der Waals surface area contributed by atoms with E-state index in [0.29, 0.717) is 49.1 Å². The van der Waals surface area contributed by atoms with Gasteiger partial charge in [0.05, 0.1) is 19.7 Å². The third kappa shape index (κ3) is 4.37. The molecule has 0 unspecified atom stereocenters. The van der Waals surface area contributed by atoms with E-state index in [2.05, 4.69) is 15.0 Å². The number of carbonyl (C=O) groups excluding carboxylic acids is 2. The number of ether oxygens (including phenoxy) is 3. The Morgan fingerprint density at radius 1 is 1.03 bits per heavy atom. The van der Waals surface area contributed by atoms with Crippen LogP contribution in [0.3, 0.4) is 0 Å². The lowest BCUT2D eigenvalue weighted by Gasteiger charge is -2.34. The van der Waals surface area contributed by atoms with Gasteiger partial charge in [-0.2, -0.15) is 0 Å². The molecule has 1 aliphatic rings. The van der Waals surface area contributed by atoms with Crippen molar-refractivity contribution in [1.29, 1.82) is 0 Å². The third-order valence-electron chi connectivity index (χ3n) is 5.14. The average Bonchev–Trinajstić information content (AvgIpc) is 3.26. The molecule has 0 saturated carbocycles. The van der Waals surface area contributed by atoms with Gasteiger partial charge in [-0.25, -0.2) is 14.8 Å². The van der Waals surface area contributed by atoms with Gasteiger partial charge in [0, 0.05) is 50.0 Å². The topological polar surface area (TPSA) is 110 Å². The minimum atomic E-state index is -0.609. The van der Waals surface area contributed by atoms with E-state index in [9.17, 15) is 9.59 Å². The fraction of sp³-hybridized carbons (Fsp3) is 0.333. The number of H-pyrrole nitrogens is 1. The highest BCUT2D eigenvalue weighted by atomic mass is 16.5. The molecule has 10 nitrogen and oxygen atoms in total. The largest absolute Gasteiger partial charge is 0.497 e. The number of hydrogen-bond acceptors (Lipinski definition) is 8. The zero-order valence-electron chi connectivity index (χ0n) is 17.3. The molecule has 0 radical (unpaired) electrons. The predicted molar refractivity (Wildman–Crippen MR) is 113 cm³/mol. The van der Waals surface area contributed by atoms with Crippen molar-refractivity contribution in [2.75, 3.05) is 51.9 Å². The maximum Gasteiger partial charge on any atom is 0.355 e. The number of nitrogens with zero attached hydrogens (tertiary/aromatic N) is 4. The summed E-state index contributed by atoms with van der Waals surface area (Å²) in [7, 11) is 3.09. The second-order valence-corrected chi connectivity index (χ2v) is 6.97. The lowest BCUT2D eigenvalue weighted by atomic mass is 10.2. The first kappa shape index (κ1) is 20.5. The molecule has 0 bridgehead atoms. The molecule has 1 aliphatic heterocycles. The van der Waals surface area contributed by atoms with Crippen molar-refractivity contribution >= 4 is 28.7 Å². The lowest BCUT2D eigenvalue weighted by Crippen LogP contribution is -2.50. The number of piperazine rings is 1. The number of aromatic nitrogens is 3. The van der Waals surface area contributed by atoms with E-state index in [-0.39, 0.29) is 18.2 Å². The van der Waals surface area contributed by atoms with Gasteiger partial charge in [-0.15, -0.1) is 0 Å². The molecule has 0 atom stereocenters. The van der Waals surface area contributed by atoms with Gasteiger partial charge in [0.25, 0.3) is 5.91 Å². The highest BCUT2D eigenvalue weighted by molar-refractivity contribution is 5.98. The number of fused-ring (bicyclic) bond motifs is 1. The van der Waals surface area contributed by atoms with Crippen molar-refractivity contribution in [1.82, 2.24) is 19.9 Å². The molecular weight excluding hydrogens is 402 g/mol. The number of benzene rings is 1. The van der Waals surface area contributed by atoms with Crippen LogP contribution < -0.4 is 14.4 Å². The Labute approximate surface area is 178 Å². The molecule has 0 spiro atoms. The van der Waals surface area contributed by atoms with Crippen LogP contribution >= 0.6 is 0 Å². The van der Waals surface area contributed by atoms with Crippen molar-refractivity contribution in [2.45, 2.75) is 0 Å². The van der Waals surface area contributed by atoms with Crippen molar-refractivity contribution in [3.8, 4) is 11.5 Å². The Hall–Kier alpha value is -3.82. The molecule has 10 heteroatoms. The fourth-order valence-corrected chi connectivity index (χ4v) is 3.48. The van der Waals surface area contributed by atoms with Gasteiger partial charge in [0.2, 0.25) is 5.95 Å². The summed E-state index contributed by atoms with van der Waals surface area (Å²) in [5, 5.41) is 0.744. The van der Waals surface area contributed by atoms with E-state index in [4.69, 9.17) is 14.2 Å². The third-order valence-corrected chi connectivity index (χ3v) is 5.14. The summed E-state index contributed by atoms with van der Waals surface area (Å²) in [6, 6.07) is 6.91. The molecule has 1 aromatic carbocycles. The minimum absolute atomic E-state index is 0.236. The average molecular weight is 425 g/mol. The van der Waals surface area contributed by atoms with E-state index in [0.717, 1.165) is 5.39 Å². The Morgan fingerprint density at radius 2 is 1.77 bits per heavy atom. The molecular formula is C21H23N5O5. The van der Waals surface area contributed by atoms with Gasteiger partial charge >= 0.3 is 5.97 Å². The smallest absolute Gasteiger partial charge is 0.355 e. The predicted octanol–water partition coefficient (Wildman–Crippen LogP) is 1.48.